The van der Waals surface area contributed by atoms with E-state index in [-0.39, 0.29) is 30.9 Å². The summed E-state index contributed by atoms with van der Waals surface area (Å²) in [7, 11) is 0. The molecule has 1 aliphatic carbocycles. The van der Waals surface area contributed by atoms with Crippen molar-refractivity contribution in [2.24, 2.45) is 5.92 Å². The summed E-state index contributed by atoms with van der Waals surface area (Å²) in [5, 5.41) is 12.4. The van der Waals surface area contributed by atoms with E-state index < -0.39 is 6.09 Å². The van der Waals surface area contributed by atoms with Crippen LogP contribution in [0.5, 0.6) is 0 Å². The molecule has 1 saturated heterocycles. The molecule has 0 radical (unpaired) electrons. The third-order valence-corrected chi connectivity index (χ3v) is 10.2. The van der Waals surface area contributed by atoms with E-state index >= 15 is 0 Å². The second-order valence-corrected chi connectivity index (χ2v) is 14.4. The van der Waals surface area contributed by atoms with Crippen molar-refractivity contribution in [1.29, 1.82) is 0 Å². The van der Waals surface area contributed by atoms with Crippen molar-refractivity contribution in [3.05, 3.63) is 133 Å². The molecule has 0 aromatic heterocycles. The van der Waals surface area contributed by atoms with Gasteiger partial charge in [-0.1, -0.05) is 109 Å². The van der Waals surface area contributed by atoms with Crippen molar-refractivity contribution < 1.29 is 19.1 Å². The Balaban J connectivity index is 0.895. The predicted molar refractivity (Wildman–Crippen MR) is 220 cm³/mol. The molecule has 9 heteroatoms. The van der Waals surface area contributed by atoms with E-state index in [2.05, 4.69) is 68.6 Å². The van der Waals surface area contributed by atoms with Gasteiger partial charge < -0.3 is 25.6 Å². The number of amides is 2. The number of rotatable bonds is 16. The molecular formula is C46H49N5O4. The molecule has 7 rings (SSSR count). The largest absolute Gasteiger partial charge is 0.446 e. The molecule has 2 fully saturated rings. The van der Waals surface area contributed by atoms with E-state index in [1.54, 1.807) is 24.3 Å². The van der Waals surface area contributed by atoms with Gasteiger partial charge in [0, 0.05) is 43.0 Å². The molecule has 1 saturated carbocycles. The number of hydrogen-bond acceptors (Lipinski definition) is 7. The summed E-state index contributed by atoms with van der Waals surface area (Å²) in [6.07, 6.45) is 3.28. The average Bonchev–Trinajstić information content (AvgIpc) is 4.05. The van der Waals surface area contributed by atoms with Crippen LogP contribution in [0.1, 0.15) is 36.0 Å². The van der Waals surface area contributed by atoms with Crippen molar-refractivity contribution in [2.45, 2.75) is 31.8 Å². The SMILES string of the molecule is O=C(CNCC1CC1)Nc1cccc(C(=O)CNCCN2CCC(OC(=O)Nc3cccc(-c4ccccc4)c3-c3ccccc3-c3ccccc3)CC2)c1. The molecule has 1 heterocycles. The fraction of sp³-hybridized carbons (Fsp3) is 0.283. The Kier molecular flexibility index (Phi) is 12.8. The van der Waals surface area contributed by atoms with Gasteiger partial charge in [0.2, 0.25) is 5.91 Å². The summed E-state index contributed by atoms with van der Waals surface area (Å²) in [4.78, 5) is 40.9. The first kappa shape index (κ1) is 37.7. The summed E-state index contributed by atoms with van der Waals surface area (Å²) in [6.45, 7) is 4.39. The first-order chi connectivity index (χ1) is 27.0. The van der Waals surface area contributed by atoms with Gasteiger partial charge in [-0.25, -0.2) is 4.79 Å². The van der Waals surface area contributed by atoms with Crippen LogP contribution in [0.4, 0.5) is 16.2 Å². The molecule has 5 aromatic rings. The zero-order valence-electron chi connectivity index (χ0n) is 31.1. The minimum atomic E-state index is -0.462. The van der Waals surface area contributed by atoms with E-state index in [0.29, 0.717) is 29.4 Å². The summed E-state index contributed by atoms with van der Waals surface area (Å²) in [5.74, 6) is 0.573. The topological polar surface area (TPSA) is 112 Å². The highest BCUT2D eigenvalue weighted by Gasteiger charge is 2.24. The maximum absolute atomic E-state index is 13.5. The lowest BCUT2D eigenvalue weighted by molar-refractivity contribution is -0.115. The van der Waals surface area contributed by atoms with Crippen LogP contribution in [0.3, 0.4) is 0 Å². The van der Waals surface area contributed by atoms with Gasteiger partial charge in [0.15, 0.2) is 5.78 Å². The Bertz CT molecular complexity index is 2060. The standard InChI is InChI=1S/C46H49N5O4/c52-43(36-15-9-16-37(29-36)49-44(53)32-48-30-33-21-22-33)31-47-25-28-51-26-23-38(24-27-51)55-46(54)50-42-20-10-19-40(35-13-5-2-6-14-35)45(42)41-18-8-7-17-39(41)34-11-3-1-4-12-34/h1-20,29,33,38,47-48H,21-28,30-32H2,(H,49,53)(H,50,54). The lowest BCUT2D eigenvalue weighted by Gasteiger charge is -2.31. The minimum Gasteiger partial charge on any atom is -0.446 e. The van der Waals surface area contributed by atoms with E-state index in [4.69, 9.17) is 4.74 Å². The van der Waals surface area contributed by atoms with Gasteiger partial charge in [0.25, 0.3) is 0 Å². The van der Waals surface area contributed by atoms with Crippen LogP contribution in [0.25, 0.3) is 33.4 Å². The highest BCUT2D eigenvalue weighted by atomic mass is 16.6. The average molecular weight is 736 g/mol. The van der Waals surface area contributed by atoms with Gasteiger partial charge in [-0.2, -0.15) is 0 Å². The number of ketones is 1. The van der Waals surface area contributed by atoms with E-state index in [1.165, 1.54) is 12.8 Å². The van der Waals surface area contributed by atoms with Gasteiger partial charge in [0.05, 0.1) is 18.8 Å². The summed E-state index contributed by atoms with van der Waals surface area (Å²) < 4.78 is 6.00. The second kappa shape index (κ2) is 18.6. The van der Waals surface area contributed by atoms with E-state index in [1.807, 2.05) is 60.7 Å². The first-order valence-corrected chi connectivity index (χ1v) is 19.4. The van der Waals surface area contributed by atoms with Crippen molar-refractivity contribution in [3.63, 3.8) is 0 Å². The number of anilines is 2. The second-order valence-electron chi connectivity index (χ2n) is 14.4. The van der Waals surface area contributed by atoms with E-state index in [0.717, 1.165) is 72.4 Å². The number of piperidine rings is 1. The van der Waals surface area contributed by atoms with Crippen molar-refractivity contribution in [3.8, 4) is 33.4 Å². The Labute approximate surface area is 323 Å². The summed E-state index contributed by atoms with van der Waals surface area (Å²) in [5.41, 5.74) is 8.11. The molecule has 9 nitrogen and oxygen atoms in total. The normalized spacial score (nSPS) is 14.6. The van der Waals surface area contributed by atoms with Crippen LogP contribution in [0.2, 0.25) is 0 Å². The minimum absolute atomic E-state index is 0.0258. The van der Waals surface area contributed by atoms with Crippen molar-refractivity contribution >= 4 is 29.2 Å². The van der Waals surface area contributed by atoms with Crippen LogP contribution in [0.15, 0.2) is 127 Å². The maximum Gasteiger partial charge on any atom is 0.411 e. The van der Waals surface area contributed by atoms with Crippen molar-refractivity contribution in [2.75, 3.05) is 56.4 Å². The van der Waals surface area contributed by atoms with Gasteiger partial charge >= 0.3 is 6.09 Å². The number of hydrogen-bond donors (Lipinski definition) is 4. The monoisotopic (exact) mass is 735 g/mol. The van der Waals surface area contributed by atoms with Gasteiger partial charge in [-0.15, -0.1) is 0 Å². The maximum atomic E-state index is 13.5. The van der Waals surface area contributed by atoms with Crippen LogP contribution in [0, 0.1) is 5.92 Å². The third kappa shape index (κ3) is 10.5. The Morgan fingerprint density at radius 3 is 2.02 bits per heavy atom. The van der Waals surface area contributed by atoms with Crippen molar-refractivity contribution in [1.82, 2.24) is 15.5 Å². The molecule has 282 valence electrons. The highest BCUT2D eigenvalue weighted by Crippen LogP contribution is 2.42. The van der Waals surface area contributed by atoms with Gasteiger partial charge in [-0.05, 0) is 84.2 Å². The molecule has 0 atom stereocenters. The molecule has 0 bridgehead atoms. The fourth-order valence-corrected chi connectivity index (χ4v) is 7.15. The van der Waals surface area contributed by atoms with Gasteiger partial charge in [0.1, 0.15) is 6.10 Å². The molecular weight excluding hydrogens is 687 g/mol. The number of likely N-dealkylation sites (tertiary alicyclic amines) is 1. The summed E-state index contributed by atoms with van der Waals surface area (Å²) >= 11 is 0. The van der Waals surface area contributed by atoms with Crippen LogP contribution in [-0.4, -0.2) is 74.6 Å². The molecule has 1 aliphatic heterocycles. The zero-order chi connectivity index (χ0) is 37.8. The lowest BCUT2D eigenvalue weighted by Crippen LogP contribution is -2.42. The summed E-state index contributed by atoms with van der Waals surface area (Å²) in [6, 6.07) is 41.9. The molecule has 4 N–H and O–H groups in total. The molecule has 55 heavy (non-hydrogen) atoms. The number of Topliss-reactive ketones (excluding diaryl/α,β-unsaturated/α-hetero) is 1. The fourth-order valence-electron chi connectivity index (χ4n) is 7.15. The Morgan fingerprint density at radius 2 is 1.29 bits per heavy atom. The smallest absolute Gasteiger partial charge is 0.411 e. The van der Waals surface area contributed by atoms with Gasteiger partial charge in [-0.3, -0.25) is 14.9 Å². The van der Waals surface area contributed by atoms with E-state index in [9.17, 15) is 14.4 Å². The molecule has 5 aromatic carbocycles. The first-order valence-electron chi connectivity index (χ1n) is 19.4. The molecule has 0 spiro atoms. The highest BCUT2D eigenvalue weighted by molar-refractivity contribution is 6.02. The number of ether oxygens (including phenoxy) is 1. The quantitative estimate of drug-likeness (QED) is 0.0599. The molecule has 0 unspecified atom stereocenters. The molecule has 2 aliphatic rings. The van der Waals surface area contributed by atoms with Crippen LogP contribution in [-0.2, 0) is 9.53 Å². The Hall–Kier alpha value is -5.61. The lowest BCUT2D eigenvalue weighted by atomic mass is 9.88. The predicted octanol–water partition coefficient (Wildman–Crippen LogP) is 8.11. The molecule has 2 amide bonds. The number of nitrogens with one attached hydrogen (secondary N) is 4. The number of nitrogens with zero attached hydrogens (tertiary/aromatic N) is 1. The zero-order valence-corrected chi connectivity index (χ0v) is 31.1. The number of carbonyl (C=O) groups excluding carboxylic acids is 3. The third-order valence-electron chi connectivity index (χ3n) is 10.2. The van der Waals surface area contributed by atoms with Crippen LogP contribution < -0.4 is 21.3 Å². The number of carbonyl (C=O) groups is 3. The number of benzene rings is 5. The van der Waals surface area contributed by atoms with Crippen LogP contribution >= 0.6 is 0 Å². The Morgan fingerprint density at radius 1 is 0.636 bits per heavy atom.